The molecule has 9 nitrogen and oxygen atoms in total. The maximum absolute atomic E-state index is 13.2. The van der Waals surface area contributed by atoms with E-state index in [1.807, 2.05) is 61.5 Å². The molecule has 4 aromatic heterocycles. The molecule has 0 fully saturated rings. The first-order chi connectivity index (χ1) is 20.5. The number of rotatable bonds is 6. The van der Waals surface area contributed by atoms with Crippen molar-refractivity contribution in [2.75, 3.05) is 5.73 Å². The first kappa shape index (κ1) is 28.3. The van der Waals surface area contributed by atoms with E-state index in [9.17, 15) is 4.79 Å². The number of hydrogen-bond donors (Lipinski definition) is 1. The molecule has 2 aromatic carbocycles. The van der Waals surface area contributed by atoms with Gasteiger partial charge in [0.1, 0.15) is 35.4 Å². The molecule has 0 radical (unpaired) electrons. The van der Waals surface area contributed by atoms with Crippen LogP contribution in [0.1, 0.15) is 39.5 Å². The van der Waals surface area contributed by atoms with Crippen molar-refractivity contribution in [3.63, 3.8) is 0 Å². The van der Waals surface area contributed by atoms with E-state index in [4.69, 9.17) is 19.7 Å². The van der Waals surface area contributed by atoms with Crippen LogP contribution in [0.25, 0.3) is 44.2 Å². The molecular formula is C33H34N6O3Si. The van der Waals surface area contributed by atoms with Crippen molar-refractivity contribution in [3.8, 4) is 28.1 Å². The summed E-state index contributed by atoms with van der Waals surface area (Å²) in [5.41, 5.74) is 9.57. The molecule has 6 rings (SSSR count). The van der Waals surface area contributed by atoms with Crippen LogP contribution >= 0.6 is 0 Å². The third kappa shape index (κ3) is 4.97. The van der Waals surface area contributed by atoms with Crippen LogP contribution in [0.15, 0.2) is 88.6 Å². The molecule has 0 aliphatic carbocycles. The van der Waals surface area contributed by atoms with E-state index in [0.29, 0.717) is 33.6 Å². The summed E-state index contributed by atoms with van der Waals surface area (Å²) in [5.74, 6) is 1.43. The highest BCUT2D eigenvalue weighted by Gasteiger charge is 2.39. The SMILES string of the molecule is CC(c1oc(=O)c2ccccc2c1-c1ccccc1)n1nc(-c2cncc(O[Si](C)(C)C(C)(C)C)c2)c2c(N)ncnc21. The van der Waals surface area contributed by atoms with Gasteiger partial charge in [-0.05, 0) is 42.8 Å². The van der Waals surface area contributed by atoms with Gasteiger partial charge in [-0.1, -0.05) is 69.3 Å². The highest BCUT2D eigenvalue weighted by Crippen LogP contribution is 2.40. The van der Waals surface area contributed by atoms with Gasteiger partial charge in [0.2, 0.25) is 0 Å². The molecule has 218 valence electrons. The van der Waals surface area contributed by atoms with Crippen LogP contribution in [-0.2, 0) is 0 Å². The lowest BCUT2D eigenvalue weighted by Gasteiger charge is -2.36. The van der Waals surface area contributed by atoms with Gasteiger partial charge in [-0.3, -0.25) is 4.98 Å². The average molecular weight is 591 g/mol. The van der Waals surface area contributed by atoms with Crippen LogP contribution in [-0.4, -0.2) is 33.0 Å². The van der Waals surface area contributed by atoms with Crippen molar-refractivity contribution in [1.82, 2.24) is 24.7 Å². The minimum absolute atomic E-state index is 0.0191. The summed E-state index contributed by atoms with van der Waals surface area (Å²) in [6, 6.07) is 18.8. The summed E-state index contributed by atoms with van der Waals surface area (Å²) in [6.07, 6.45) is 4.87. The Bertz CT molecular complexity index is 2030. The second-order valence-corrected chi connectivity index (χ2v) is 17.0. The van der Waals surface area contributed by atoms with E-state index in [1.165, 1.54) is 6.33 Å². The Kier molecular flexibility index (Phi) is 6.88. The summed E-state index contributed by atoms with van der Waals surface area (Å²) in [4.78, 5) is 26.6. The number of nitrogens with two attached hydrogens (primary N) is 1. The molecule has 4 heterocycles. The van der Waals surface area contributed by atoms with E-state index >= 15 is 0 Å². The molecule has 43 heavy (non-hydrogen) atoms. The Labute approximate surface area is 250 Å². The Balaban J connectivity index is 1.55. The van der Waals surface area contributed by atoms with Gasteiger partial charge in [0.05, 0.1) is 17.0 Å². The number of benzene rings is 2. The summed E-state index contributed by atoms with van der Waals surface area (Å²) < 4.78 is 14.4. The third-order valence-corrected chi connectivity index (χ3v) is 12.7. The maximum atomic E-state index is 13.2. The predicted molar refractivity (Wildman–Crippen MR) is 173 cm³/mol. The van der Waals surface area contributed by atoms with E-state index in [1.54, 1.807) is 23.1 Å². The number of nitrogen functional groups attached to an aromatic ring is 1. The van der Waals surface area contributed by atoms with E-state index in [-0.39, 0.29) is 10.9 Å². The van der Waals surface area contributed by atoms with Crippen molar-refractivity contribution in [3.05, 3.63) is 95.6 Å². The zero-order chi connectivity index (χ0) is 30.5. The molecule has 0 spiro atoms. The Hall–Kier alpha value is -4.83. The average Bonchev–Trinajstić information content (AvgIpc) is 3.38. The minimum atomic E-state index is -2.11. The zero-order valence-corrected chi connectivity index (χ0v) is 26.1. The predicted octanol–water partition coefficient (Wildman–Crippen LogP) is 7.24. The number of hydrogen-bond acceptors (Lipinski definition) is 8. The lowest BCUT2D eigenvalue weighted by molar-refractivity contribution is 0.405. The molecule has 0 saturated carbocycles. The van der Waals surface area contributed by atoms with E-state index < -0.39 is 20.0 Å². The fourth-order valence-corrected chi connectivity index (χ4v) is 6.05. The molecule has 10 heteroatoms. The molecule has 0 bridgehead atoms. The Morgan fingerprint density at radius 3 is 2.37 bits per heavy atom. The number of aromatic nitrogens is 5. The number of nitrogens with zero attached hydrogens (tertiary/aromatic N) is 5. The third-order valence-electron chi connectivity index (χ3n) is 8.36. The number of anilines is 1. The van der Waals surface area contributed by atoms with Gasteiger partial charge in [0.25, 0.3) is 8.32 Å². The topological polar surface area (TPSA) is 122 Å². The zero-order valence-electron chi connectivity index (χ0n) is 25.1. The molecule has 1 atom stereocenters. The number of fused-ring (bicyclic) bond motifs is 2. The van der Waals surface area contributed by atoms with Crippen LogP contribution in [0.5, 0.6) is 5.75 Å². The van der Waals surface area contributed by atoms with E-state index in [2.05, 4.69) is 48.8 Å². The van der Waals surface area contributed by atoms with Crippen LogP contribution in [0.4, 0.5) is 5.82 Å². The first-order valence-electron chi connectivity index (χ1n) is 14.2. The summed E-state index contributed by atoms with van der Waals surface area (Å²) in [5, 5.41) is 6.94. The standard InChI is InChI=1S/C33H34N6O3Si/c1-20(29-26(21-12-8-7-9-13-21)24-14-10-11-15-25(24)32(40)41-29)39-31-27(30(34)36-19-37-31)28(38-39)22-16-23(18-35-17-22)42-43(5,6)33(2,3)4/h7-20H,1-6H3,(H2,34,36,37). The Morgan fingerprint density at radius 2 is 1.65 bits per heavy atom. The first-order valence-corrected chi connectivity index (χ1v) is 17.1. The molecule has 0 amide bonds. The maximum Gasteiger partial charge on any atom is 0.343 e. The lowest BCUT2D eigenvalue weighted by atomic mass is 9.96. The minimum Gasteiger partial charge on any atom is -0.542 e. The second-order valence-electron chi connectivity index (χ2n) is 12.2. The van der Waals surface area contributed by atoms with Gasteiger partial charge >= 0.3 is 5.63 Å². The summed E-state index contributed by atoms with van der Waals surface area (Å²) in [7, 11) is -2.11. The molecule has 0 aliphatic heterocycles. The number of pyridine rings is 1. The van der Waals surface area contributed by atoms with E-state index in [0.717, 1.165) is 22.1 Å². The molecule has 6 aromatic rings. The summed E-state index contributed by atoms with van der Waals surface area (Å²) >= 11 is 0. The lowest BCUT2D eigenvalue weighted by Crippen LogP contribution is -2.43. The van der Waals surface area contributed by atoms with Gasteiger partial charge in [0.15, 0.2) is 5.65 Å². The smallest absolute Gasteiger partial charge is 0.343 e. The van der Waals surface area contributed by atoms with Gasteiger partial charge in [0, 0.05) is 22.7 Å². The van der Waals surface area contributed by atoms with Crippen LogP contribution in [0.2, 0.25) is 18.1 Å². The van der Waals surface area contributed by atoms with Crippen LogP contribution in [0.3, 0.4) is 0 Å². The van der Waals surface area contributed by atoms with Gasteiger partial charge in [-0.15, -0.1) is 0 Å². The van der Waals surface area contributed by atoms with Crippen molar-refractivity contribution in [2.24, 2.45) is 0 Å². The molecule has 0 saturated heterocycles. The fraction of sp³-hybridized carbons (Fsp3) is 0.242. The summed E-state index contributed by atoms with van der Waals surface area (Å²) in [6.45, 7) is 12.9. The largest absolute Gasteiger partial charge is 0.542 e. The molecule has 1 unspecified atom stereocenters. The van der Waals surface area contributed by atoms with Crippen molar-refractivity contribution >= 4 is 35.9 Å². The Morgan fingerprint density at radius 1 is 0.953 bits per heavy atom. The second kappa shape index (κ2) is 10.5. The van der Waals surface area contributed by atoms with Gasteiger partial charge in [-0.2, -0.15) is 5.10 Å². The van der Waals surface area contributed by atoms with Crippen molar-refractivity contribution in [2.45, 2.75) is 51.9 Å². The monoisotopic (exact) mass is 590 g/mol. The molecule has 2 N–H and O–H groups in total. The van der Waals surface area contributed by atoms with Gasteiger partial charge < -0.3 is 14.6 Å². The van der Waals surface area contributed by atoms with Crippen LogP contribution < -0.4 is 15.8 Å². The highest BCUT2D eigenvalue weighted by molar-refractivity contribution is 6.74. The normalized spacial score (nSPS) is 13.0. The molecule has 0 aliphatic rings. The van der Waals surface area contributed by atoms with Crippen molar-refractivity contribution in [1.29, 1.82) is 0 Å². The van der Waals surface area contributed by atoms with Crippen LogP contribution in [0, 0.1) is 0 Å². The quantitative estimate of drug-likeness (QED) is 0.202. The molecular weight excluding hydrogens is 556 g/mol. The van der Waals surface area contributed by atoms with Gasteiger partial charge in [-0.25, -0.2) is 19.4 Å². The fourth-order valence-electron chi connectivity index (χ4n) is 5.04. The van der Waals surface area contributed by atoms with Crippen molar-refractivity contribution < 1.29 is 8.84 Å². The highest BCUT2D eigenvalue weighted by atomic mass is 28.4.